The number of rotatable bonds is 11. The molecule has 1 aliphatic rings. The zero-order valence-electron chi connectivity index (χ0n) is 15.8. The minimum atomic E-state index is -0.767. The Morgan fingerprint density at radius 3 is 2.68 bits per heavy atom. The van der Waals surface area contributed by atoms with E-state index < -0.39 is 5.60 Å². The molecule has 1 fully saturated rings. The summed E-state index contributed by atoms with van der Waals surface area (Å²) < 4.78 is 16.7. The Kier molecular flexibility index (Phi) is 7.20. The summed E-state index contributed by atoms with van der Waals surface area (Å²) in [4.78, 5) is 17.1. The predicted octanol–water partition coefficient (Wildman–Crippen LogP) is 3.34. The molecule has 0 radical (unpaired) electrons. The number of nitrogens with one attached hydrogen (secondary N) is 1. The summed E-state index contributed by atoms with van der Waals surface area (Å²) in [5, 5.41) is 2.95. The molecule has 1 N–H and O–H groups in total. The number of carbonyl (C=O) groups excluding carboxylic acids is 1. The van der Waals surface area contributed by atoms with Crippen LogP contribution in [0.5, 0.6) is 5.88 Å². The molecular weight excluding hydrogens is 320 g/mol. The van der Waals surface area contributed by atoms with Crippen LogP contribution in [0.4, 0.5) is 5.69 Å². The van der Waals surface area contributed by atoms with Crippen molar-refractivity contribution in [2.75, 3.05) is 31.7 Å². The van der Waals surface area contributed by atoms with E-state index in [1.807, 2.05) is 33.8 Å². The molecular formula is C19H30N2O4. The average Bonchev–Trinajstić information content (AvgIpc) is 3.43. The Hall–Kier alpha value is -1.66. The summed E-state index contributed by atoms with van der Waals surface area (Å²) >= 11 is 0. The summed E-state index contributed by atoms with van der Waals surface area (Å²) in [6.45, 7) is 10.0. The Morgan fingerprint density at radius 2 is 2.08 bits per heavy atom. The van der Waals surface area contributed by atoms with Crippen LogP contribution < -0.4 is 10.1 Å². The van der Waals surface area contributed by atoms with Gasteiger partial charge in [0.15, 0.2) is 0 Å². The van der Waals surface area contributed by atoms with E-state index in [1.54, 1.807) is 6.20 Å². The van der Waals surface area contributed by atoms with Crippen molar-refractivity contribution < 1.29 is 19.0 Å². The first-order valence-electron chi connectivity index (χ1n) is 9.13. The van der Waals surface area contributed by atoms with Gasteiger partial charge in [0.1, 0.15) is 12.2 Å². The lowest BCUT2D eigenvalue weighted by molar-refractivity contribution is -0.142. The van der Waals surface area contributed by atoms with E-state index >= 15 is 0 Å². The van der Waals surface area contributed by atoms with Crippen LogP contribution in [-0.2, 0) is 14.3 Å². The van der Waals surface area contributed by atoms with Gasteiger partial charge in [0.2, 0.25) is 5.88 Å². The van der Waals surface area contributed by atoms with Gasteiger partial charge in [-0.05, 0) is 52.0 Å². The molecule has 1 amide bonds. The number of amides is 1. The Balaban J connectivity index is 1.96. The van der Waals surface area contributed by atoms with Gasteiger partial charge in [-0.1, -0.05) is 6.92 Å². The molecule has 0 aliphatic heterocycles. The van der Waals surface area contributed by atoms with Crippen LogP contribution in [0.3, 0.4) is 0 Å². The van der Waals surface area contributed by atoms with E-state index in [1.165, 1.54) is 0 Å². The van der Waals surface area contributed by atoms with Gasteiger partial charge in [-0.15, -0.1) is 0 Å². The van der Waals surface area contributed by atoms with Crippen molar-refractivity contribution in [2.45, 2.75) is 52.6 Å². The number of hydrogen-bond donors (Lipinski definition) is 1. The summed E-state index contributed by atoms with van der Waals surface area (Å²) in [5.74, 6) is 0.758. The fourth-order valence-electron chi connectivity index (χ4n) is 2.70. The Labute approximate surface area is 150 Å². The molecule has 0 unspecified atom stereocenters. The maximum atomic E-state index is 12.8. The van der Waals surface area contributed by atoms with E-state index in [2.05, 4.69) is 10.3 Å². The van der Waals surface area contributed by atoms with Crippen molar-refractivity contribution in [1.82, 2.24) is 4.98 Å². The lowest BCUT2D eigenvalue weighted by atomic mass is 9.98. The minimum absolute atomic E-state index is 0.102. The second-order valence-corrected chi connectivity index (χ2v) is 6.58. The lowest BCUT2D eigenvalue weighted by Crippen LogP contribution is -2.45. The average molecular weight is 350 g/mol. The third-order valence-electron chi connectivity index (χ3n) is 4.37. The largest absolute Gasteiger partial charge is 0.475 e. The molecule has 6 heteroatoms. The highest BCUT2D eigenvalue weighted by Crippen LogP contribution is 2.42. The number of carbonyl (C=O) groups is 1. The summed E-state index contributed by atoms with van der Waals surface area (Å²) in [7, 11) is 0. The third kappa shape index (κ3) is 5.41. The van der Waals surface area contributed by atoms with Gasteiger partial charge in [-0.2, -0.15) is 0 Å². The van der Waals surface area contributed by atoms with E-state index in [-0.39, 0.29) is 5.91 Å². The molecule has 1 heterocycles. The van der Waals surface area contributed by atoms with Crippen molar-refractivity contribution in [3.8, 4) is 5.88 Å². The van der Waals surface area contributed by atoms with E-state index in [0.717, 1.165) is 24.8 Å². The maximum absolute atomic E-state index is 12.8. The van der Waals surface area contributed by atoms with Crippen LogP contribution in [-0.4, -0.2) is 42.9 Å². The standard InChI is InChI=1S/C19H30N2O4/c1-5-9-25-19(4,15-7-8-15)18(22)21-16-12-14(3)17(20-13-16)24-11-10-23-6-2/h12-13,15H,5-11H2,1-4H3,(H,21,22)/t19-/m1/s1. The first-order chi connectivity index (χ1) is 12.0. The zero-order valence-corrected chi connectivity index (χ0v) is 15.8. The highest BCUT2D eigenvalue weighted by atomic mass is 16.5. The molecule has 0 bridgehead atoms. The minimum Gasteiger partial charge on any atom is -0.475 e. The number of anilines is 1. The van der Waals surface area contributed by atoms with Crippen molar-refractivity contribution in [2.24, 2.45) is 5.92 Å². The van der Waals surface area contributed by atoms with Gasteiger partial charge in [-0.3, -0.25) is 4.79 Å². The number of nitrogens with zero attached hydrogens (tertiary/aromatic N) is 1. The molecule has 1 aromatic rings. The van der Waals surface area contributed by atoms with E-state index in [4.69, 9.17) is 14.2 Å². The summed E-state index contributed by atoms with van der Waals surface area (Å²) in [6.07, 6.45) is 4.59. The molecule has 0 spiro atoms. The first kappa shape index (κ1) is 19.7. The molecule has 140 valence electrons. The first-order valence-corrected chi connectivity index (χ1v) is 9.13. The molecule has 0 saturated heterocycles. The monoisotopic (exact) mass is 350 g/mol. The molecule has 6 nitrogen and oxygen atoms in total. The molecule has 1 atom stereocenters. The van der Waals surface area contributed by atoms with Crippen LogP contribution >= 0.6 is 0 Å². The smallest absolute Gasteiger partial charge is 0.256 e. The lowest BCUT2D eigenvalue weighted by Gasteiger charge is -2.28. The molecule has 1 aliphatic carbocycles. The van der Waals surface area contributed by atoms with Gasteiger partial charge >= 0.3 is 0 Å². The van der Waals surface area contributed by atoms with Crippen molar-refractivity contribution >= 4 is 11.6 Å². The second kappa shape index (κ2) is 9.15. The molecule has 1 aromatic heterocycles. The predicted molar refractivity (Wildman–Crippen MR) is 97.0 cm³/mol. The Bertz CT molecular complexity index is 575. The maximum Gasteiger partial charge on any atom is 0.256 e. The SMILES string of the molecule is CCCO[C@@](C)(C(=O)Nc1cnc(OCCOCC)c(C)c1)C1CC1. The van der Waals surface area contributed by atoms with Gasteiger partial charge in [0.25, 0.3) is 5.91 Å². The topological polar surface area (TPSA) is 69.7 Å². The van der Waals surface area contributed by atoms with Crippen molar-refractivity contribution in [1.29, 1.82) is 0 Å². The van der Waals surface area contributed by atoms with Gasteiger partial charge < -0.3 is 19.5 Å². The van der Waals surface area contributed by atoms with Crippen molar-refractivity contribution in [3.63, 3.8) is 0 Å². The van der Waals surface area contributed by atoms with Gasteiger partial charge in [0.05, 0.1) is 18.5 Å². The van der Waals surface area contributed by atoms with E-state index in [0.29, 0.717) is 43.9 Å². The van der Waals surface area contributed by atoms with E-state index in [9.17, 15) is 4.79 Å². The van der Waals surface area contributed by atoms with Crippen LogP contribution in [0.2, 0.25) is 0 Å². The number of hydrogen-bond acceptors (Lipinski definition) is 5. The quantitative estimate of drug-likeness (QED) is 0.620. The normalized spacial score (nSPS) is 16.3. The van der Waals surface area contributed by atoms with Crippen LogP contribution in [0.25, 0.3) is 0 Å². The highest BCUT2D eigenvalue weighted by Gasteiger charge is 2.48. The second-order valence-electron chi connectivity index (χ2n) is 6.58. The third-order valence-corrected chi connectivity index (χ3v) is 4.37. The number of aryl methyl sites for hydroxylation is 1. The Morgan fingerprint density at radius 1 is 1.32 bits per heavy atom. The molecule has 25 heavy (non-hydrogen) atoms. The zero-order chi connectivity index (χ0) is 18.3. The fraction of sp³-hybridized carbons (Fsp3) is 0.684. The number of pyridine rings is 1. The molecule has 1 saturated carbocycles. The number of aromatic nitrogens is 1. The van der Waals surface area contributed by atoms with Crippen LogP contribution in [0.1, 0.15) is 45.6 Å². The van der Waals surface area contributed by atoms with Crippen molar-refractivity contribution in [3.05, 3.63) is 17.8 Å². The number of ether oxygens (including phenoxy) is 3. The highest BCUT2D eigenvalue weighted by molar-refractivity contribution is 5.97. The molecule has 2 rings (SSSR count). The van der Waals surface area contributed by atoms with Crippen LogP contribution in [0, 0.1) is 12.8 Å². The van der Waals surface area contributed by atoms with Gasteiger partial charge in [-0.25, -0.2) is 4.98 Å². The molecule has 0 aromatic carbocycles. The van der Waals surface area contributed by atoms with Gasteiger partial charge in [0, 0.05) is 18.8 Å². The summed E-state index contributed by atoms with van der Waals surface area (Å²) in [5.41, 5.74) is 0.764. The van der Waals surface area contributed by atoms with Crippen LogP contribution in [0.15, 0.2) is 12.3 Å². The summed E-state index contributed by atoms with van der Waals surface area (Å²) in [6, 6.07) is 1.87. The fourth-order valence-corrected chi connectivity index (χ4v) is 2.70.